The fraction of sp³-hybridized carbons (Fsp3) is 0.571. The molecule has 1 rings (SSSR count). The summed E-state index contributed by atoms with van der Waals surface area (Å²) in [6.07, 6.45) is 0.982. The van der Waals surface area contributed by atoms with Crippen molar-refractivity contribution in [2.24, 2.45) is 5.92 Å². The van der Waals surface area contributed by atoms with Crippen LogP contribution in [0.3, 0.4) is 0 Å². The molecule has 0 bridgehead atoms. The molecule has 0 aromatic heterocycles. The lowest BCUT2D eigenvalue weighted by Crippen LogP contribution is -2.14. The van der Waals surface area contributed by atoms with E-state index in [4.69, 9.17) is 4.74 Å². The molecular weight excluding hydrogens is 217 g/mol. The topological polar surface area (TPSA) is 21.3 Å². The quantitative estimate of drug-likeness (QED) is 0.820. The number of hydrogen-bond donors (Lipinski definition) is 1. The molecule has 3 heteroatoms. The molecule has 0 aliphatic rings. The van der Waals surface area contributed by atoms with Gasteiger partial charge in [0.2, 0.25) is 0 Å². The van der Waals surface area contributed by atoms with Crippen molar-refractivity contribution in [3.63, 3.8) is 0 Å². The van der Waals surface area contributed by atoms with Crippen molar-refractivity contribution in [1.29, 1.82) is 0 Å². The maximum atomic E-state index is 13.8. The average Bonchev–Trinajstić information content (AvgIpc) is 2.28. The van der Waals surface area contributed by atoms with Crippen LogP contribution in [0.1, 0.15) is 38.8 Å². The van der Waals surface area contributed by atoms with Crippen LogP contribution in [-0.4, -0.2) is 13.7 Å². The van der Waals surface area contributed by atoms with Gasteiger partial charge in [-0.15, -0.1) is 0 Å². The van der Waals surface area contributed by atoms with E-state index in [1.54, 1.807) is 6.07 Å². The van der Waals surface area contributed by atoms with Crippen molar-refractivity contribution in [2.75, 3.05) is 13.7 Å². The summed E-state index contributed by atoms with van der Waals surface area (Å²) in [5, 5.41) is 3.02. The molecule has 0 saturated heterocycles. The highest BCUT2D eigenvalue weighted by atomic mass is 19.1. The number of nitrogens with one attached hydrogen (secondary N) is 1. The standard InChI is InChI=1S/C14H22FNO/c1-10(2)7-8-17-12-5-6-13(11(3)16-4)14(15)9-12/h5-6,9-11,16H,7-8H2,1-4H3. The molecule has 0 aliphatic heterocycles. The molecule has 0 fully saturated rings. The summed E-state index contributed by atoms with van der Waals surface area (Å²) < 4.78 is 19.3. The Labute approximate surface area is 103 Å². The van der Waals surface area contributed by atoms with Crippen molar-refractivity contribution in [2.45, 2.75) is 33.2 Å². The Morgan fingerprint density at radius 3 is 2.53 bits per heavy atom. The fourth-order valence-electron chi connectivity index (χ4n) is 1.52. The van der Waals surface area contributed by atoms with Gasteiger partial charge in [-0.2, -0.15) is 0 Å². The van der Waals surface area contributed by atoms with E-state index in [1.165, 1.54) is 6.07 Å². The van der Waals surface area contributed by atoms with E-state index in [0.29, 0.717) is 23.8 Å². The highest BCUT2D eigenvalue weighted by molar-refractivity contribution is 5.30. The Kier molecular flexibility index (Phi) is 5.42. The van der Waals surface area contributed by atoms with E-state index in [2.05, 4.69) is 19.2 Å². The van der Waals surface area contributed by atoms with E-state index in [-0.39, 0.29) is 11.9 Å². The zero-order valence-electron chi connectivity index (χ0n) is 11.1. The van der Waals surface area contributed by atoms with Crippen molar-refractivity contribution in [3.05, 3.63) is 29.6 Å². The van der Waals surface area contributed by atoms with Gasteiger partial charge in [0.05, 0.1) is 6.61 Å². The molecule has 0 spiro atoms. The van der Waals surface area contributed by atoms with Crippen LogP contribution in [-0.2, 0) is 0 Å². The van der Waals surface area contributed by atoms with E-state index in [1.807, 2.05) is 20.0 Å². The summed E-state index contributed by atoms with van der Waals surface area (Å²) in [5.41, 5.74) is 0.670. The van der Waals surface area contributed by atoms with Gasteiger partial charge in [0.15, 0.2) is 0 Å². The van der Waals surface area contributed by atoms with Gasteiger partial charge in [-0.25, -0.2) is 4.39 Å². The van der Waals surface area contributed by atoms with Crippen LogP contribution in [0.5, 0.6) is 5.75 Å². The minimum absolute atomic E-state index is 0.0136. The van der Waals surface area contributed by atoms with Gasteiger partial charge in [-0.3, -0.25) is 0 Å². The van der Waals surface area contributed by atoms with E-state index in [9.17, 15) is 4.39 Å². The molecule has 0 heterocycles. The molecule has 0 aliphatic carbocycles. The normalized spacial score (nSPS) is 12.8. The molecule has 0 amide bonds. The van der Waals surface area contributed by atoms with E-state index < -0.39 is 0 Å². The third-order valence-electron chi connectivity index (χ3n) is 2.84. The van der Waals surface area contributed by atoms with Gasteiger partial charge in [-0.1, -0.05) is 19.9 Å². The summed E-state index contributed by atoms with van der Waals surface area (Å²) >= 11 is 0. The predicted molar refractivity (Wildman–Crippen MR) is 68.8 cm³/mol. The SMILES string of the molecule is CNC(C)c1ccc(OCCC(C)C)cc1F. The molecule has 17 heavy (non-hydrogen) atoms. The molecule has 1 N–H and O–H groups in total. The first-order valence-electron chi connectivity index (χ1n) is 6.14. The monoisotopic (exact) mass is 239 g/mol. The third-order valence-corrected chi connectivity index (χ3v) is 2.84. The van der Waals surface area contributed by atoms with Gasteiger partial charge < -0.3 is 10.1 Å². The third kappa shape index (κ3) is 4.35. The van der Waals surface area contributed by atoms with Crippen LogP contribution in [0.4, 0.5) is 4.39 Å². The average molecular weight is 239 g/mol. The van der Waals surface area contributed by atoms with Gasteiger partial charge in [0, 0.05) is 17.7 Å². The number of halogens is 1. The summed E-state index contributed by atoms with van der Waals surface area (Å²) in [4.78, 5) is 0. The first-order valence-corrected chi connectivity index (χ1v) is 6.14. The minimum Gasteiger partial charge on any atom is -0.493 e. The van der Waals surface area contributed by atoms with E-state index >= 15 is 0 Å². The fourth-order valence-corrected chi connectivity index (χ4v) is 1.52. The second-order valence-electron chi connectivity index (χ2n) is 4.72. The summed E-state index contributed by atoms with van der Waals surface area (Å²) in [6, 6.07) is 5.08. The van der Waals surface area contributed by atoms with Gasteiger partial charge in [-0.05, 0) is 32.4 Å². The highest BCUT2D eigenvalue weighted by Gasteiger charge is 2.09. The molecule has 1 atom stereocenters. The Bertz CT molecular complexity index is 352. The minimum atomic E-state index is -0.214. The molecule has 1 aromatic carbocycles. The van der Waals surface area contributed by atoms with Crippen molar-refractivity contribution in [1.82, 2.24) is 5.32 Å². The van der Waals surface area contributed by atoms with Gasteiger partial charge in [0.25, 0.3) is 0 Å². The summed E-state index contributed by atoms with van der Waals surface area (Å²) in [5.74, 6) is 0.993. The molecule has 0 radical (unpaired) electrons. The Balaban J connectivity index is 2.62. The number of hydrogen-bond acceptors (Lipinski definition) is 2. The van der Waals surface area contributed by atoms with Crippen molar-refractivity contribution < 1.29 is 9.13 Å². The van der Waals surface area contributed by atoms with Gasteiger partial charge in [0.1, 0.15) is 11.6 Å². The zero-order chi connectivity index (χ0) is 12.8. The van der Waals surface area contributed by atoms with E-state index in [0.717, 1.165) is 6.42 Å². The lowest BCUT2D eigenvalue weighted by molar-refractivity contribution is 0.288. The van der Waals surface area contributed by atoms with Crippen LogP contribution < -0.4 is 10.1 Å². The first-order chi connectivity index (χ1) is 8.04. The maximum absolute atomic E-state index is 13.8. The van der Waals surface area contributed by atoms with Crippen LogP contribution in [0.2, 0.25) is 0 Å². The second kappa shape index (κ2) is 6.60. The number of rotatable bonds is 6. The Hall–Kier alpha value is -1.09. The number of benzene rings is 1. The number of ether oxygens (including phenoxy) is 1. The van der Waals surface area contributed by atoms with Crippen LogP contribution >= 0.6 is 0 Å². The zero-order valence-corrected chi connectivity index (χ0v) is 11.1. The lowest BCUT2D eigenvalue weighted by atomic mass is 10.1. The summed E-state index contributed by atoms with van der Waals surface area (Å²) in [6.45, 7) is 6.85. The van der Waals surface area contributed by atoms with Gasteiger partial charge >= 0.3 is 0 Å². The van der Waals surface area contributed by atoms with Crippen LogP contribution in [0, 0.1) is 11.7 Å². The molecular formula is C14H22FNO. The Morgan fingerprint density at radius 1 is 1.29 bits per heavy atom. The molecule has 96 valence electrons. The highest BCUT2D eigenvalue weighted by Crippen LogP contribution is 2.21. The van der Waals surface area contributed by atoms with Crippen molar-refractivity contribution in [3.8, 4) is 5.75 Å². The lowest BCUT2D eigenvalue weighted by Gasteiger charge is -2.13. The molecule has 0 saturated carbocycles. The second-order valence-corrected chi connectivity index (χ2v) is 4.72. The molecule has 1 aromatic rings. The van der Waals surface area contributed by atoms with Crippen LogP contribution in [0.25, 0.3) is 0 Å². The van der Waals surface area contributed by atoms with Crippen molar-refractivity contribution >= 4 is 0 Å². The first kappa shape index (κ1) is 14.0. The summed E-state index contributed by atoms with van der Waals surface area (Å²) in [7, 11) is 1.82. The maximum Gasteiger partial charge on any atom is 0.131 e. The smallest absolute Gasteiger partial charge is 0.131 e. The Morgan fingerprint density at radius 2 is 2.00 bits per heavy atom. The molecule has 1 unspecified atom stereocenters. The van der Waals surface area contributed by atoms with Crippen LogP contribution in [0.15, 0.2) is 18.2 Å². The molecule has 2 nitrogen and oxygen atoms in total. The largest absolute Gasteiger partial charge is 0.493 e. The predicted octanol–water partition coefficient (Wildman–Crippen LogP) is 3.53.